The number of hydrogen-bond acceptors (Lipinski definition) is 3. The predicted octanol–water partition coefficient (Wildman–Crippen LogP) is 1.75. The summed E-state index contributed by atoms with van der Waals surface area (Å²) >= 11 is 0. The molecule has 0 saturated carbocycles. The van der Waals surface area contributed by atoms with Gasteiger partial charge in [0.15, 0.2) is 0 Å². The Bertz CT molecular complexity index is 552. The molecule has 1 N–H and O–H groups in total. The third kappa shape index (κ3) is 3.02. The van der Waals surface area contributed by atoms with Crippen molar-refractivity contribution in [3.63, 3.8) is 0 Å². The first-order chi connectivity index (χ1) is 9.46. The summed E-state index contributed by atoms with van der Waals surface area (Å²) in [6.07, 6.45) is 1.82. The van der Waals surface area contributed by atoms with E-state index in [2.05, 4.69) is 5.32 Å². The summed E-state index contributed by atoms with van der Waals surface area (Å²) in [7, 11) is -1.89. The molecular weight excluding hydrogens is 279 g/mol. The molecule has 0 amide bonds. The van der Waals surface area contributed by atoms with Crippen molar-refractivity contribution in [1.82, 2.24) is 9.62 Å². The molecule has 1 saturated heterocycles. The number of aryl methyl sites for hydroxylation is 1. The molecule has 4 nitrogen and oxygen atoms in total. The summed E-state index contributed by atoms with van der Waals surface area (Å²) in [4.78, 5) is -0.176. The van der Waals surface area contributed by atoms with Crippen molar-refractivity contribution >= 4 is 10.0 Å². The molecule has 2 rings (SSSR count). The smallest absolute Gasteiger partial charge is 0.246 e. The van der Waals surface area contributed by atoms with E-state index in [1.807, 2.05) is 7.05 Å². The first-order valence-electron chi connectivity index (χ1n) is 6.86. The monoisotopic (exact) mass is 300 g/mol. The van der Waals surface area contributed by atoms with Crippen LogP contribution in [-0.4, -0.2) is 39.4 Å². The van der Waals surface area contributed by atoms with Crippen LogP contribution in [-0.2, 0) is 10.0 Å². The van der Waals surface area contributed by atoms with E-state index in [0.717, 1.165) is 19.4 Å². The maximum Gasteiger partial charge on any atom is 0.246 e. The van der Waals surface area contributed by atoms with Crippen LogP contribution < -0.4 is 5.32 Å². The summed E-state index contributed by atoms with van der Waals surface area (Å²) in [6.45, 7) is 3.33. The van der Waals surface area contributed by atoms with Crippen molar-refractivity contribution in [2.75, 3.05) is 26.7 Å². The highest BCUT2D eigenvalue weighted by Gasteiger charge is 2.32. The lowest BCUT2D eigenvalue weighted by atomic mass is 10.00. The zero-order chi connectivity index (χ0) is 14.8. The SMILES string of the molecule is CNCC1CCCN(S(=O)(=O)c2c(C)cccc2F)C1. The van der Waals surface area contributed by atoms with Crippen LogP contribution in [0.5, 0.6) is 0 Å². The lowest BCUT2D eigenvalue weighted by molar-refractivity contribution is 0.262. The Morgan fingerprint density at radius 1 is 1.45 bits per heavy atom. The van der Waals surface area contributed by atoms with Crippen LogP contribution in [0.25, 0.3) is 0 Å². The van der Waals surface area contributed by atoms with Crippen molar-refractivity contribution in [2.45, 2.75) is 24.7 Å². The van der Waals surface area contributed by atoms with Crippen LogP contribution in [0.3, 0.4) is 0 Å². The van der Waals surface area contributed by atoms with E-state index in [4.69, 9.17) is 0 Å². The number of hydrogen-bond donors (Lipinski definition) is 1. The molecule has 0 spiro atoms. The van der Waals surface area contributed by atoms with Crippen LogP contribution in [0.15, 0.2) is 23.1 Å². The molecule has 1 heterocycles. The molecule has 112 valence electrons. The number of piperidine rings is 1. The predicted molar refractivity (Wildman–Crippen MR) is 76.5 cm³/mol. The summed E-state index contributed by atoms with van der Waals surface area (Å²) in [5.74, 6) is -0.378. The van der Waals surface area contributed by atoms with Crippen molar-refractivity contribution in [1.29, 1.82) is 0 Å². The lowest BCUT2D eigenvalue weighted by Gasteiger charge is -2.32. The van der Waals surface area contributed by atoms with E-state index in [0.29, 0.717) is 18.7 Å². The van der Waals surface area contributed by atoms with Gasteiger partial charge in [-0.25, -0.2) is 12.8 Å². The zero-order valence-electron chi connectivity index (χ0n) is 11.9. The fourth-order valence-corrected chi connectivity index (χ4v) is 4.60. The molecule has 0 aromatic heterocycles. The summed E-state index contributed by atoms with van der Waals surface area (Å²) in [5, 5.41) is 3.08. The molecule has 1 fully saturated rings. The third-order valence-electron chi connectivity index (χ3n) is 3.74. The minimum atomic E-state index is -3.74. The van der Waals surface area contributed by atoms with Gasteiger partial charge in [0, 0.05) is 13.1 Å². The van der Waals surface area contributed by atoms with E-state index in [1.54, 1.807) is 13.0 Å². The van der Waals surface area contributed by atoms with Crippen LogP contribution in [0, 0.1) is 18.7 Å². The van der Waals surface area contributed by atoms with Crippen molar-refractivity contribution < 1.29 is 12.8 Å². The van der Waals surface area contributed by atoms with Crippen LogP contribution in [0.4, 0.5) is 4.39 Å². The Morgan fingerprint density at radius 2 is 2.20 bits per heavy atom. The Balaban J connectivity index is 2.30. The van der Waals surface area contributed by atoms with Gasteiger partial charge in [-0.05, 0) is 50.9 Å². The van der Waals surface area contributed by atoms with Gasteiger partial charge in [-0.2, -0.15) is 4.31 Å². The number of rotatable bonds is 4. The molecule has 6 heteroatoms. The summed E-state index contributed by atoms with van der Waals surface area (Å²) in [5.41, 5.74) is 0.459. The first-order valence-corrected chi connectivity index (χ1v) is 8.30. The van der Waals surface area contributed by atoms with Crippen LogP contribution >= 0.6 is 0 Å². The largest absolute Gasteiger partial charge is 0.319 e. The topological polar surface area (TPSA) is 49.4 Å². The second kappa shape index (κ2) is 6.20. The van der Waals surface area contributed by atoms with Gasteiger partial charge < -0.3 is 5.32 Å². The molecular formula is C14H21FN2O2S. The molecule has 0 aliphatic carbocycles. The number of sulfonamides is 1. The van der Waals surface area contributed by atoms with Gasteiger partial charge in [0.05, 0.1) is 0 Å². The molecule has 0 bridgehead atoms. The maximum atomic E-state index is 13.9. The Morgan fingerprint density at radius 3 is 2.85 bits per heavy atom. The quantitative estimate of drug-likeness (QED) is 0.922. The van der Waals surface area contributed by atoms with E-state index in [9.17, 15) is 12.8 Å². The standard InChI is InChI=1S/C14H21FN2O2S/c1-11-5-3-7-13(15)14(11)20(18,19)17-8-4-6-12(10-17)9-16-2/h3,5,7,12,16H,4,6,8-10H2,1-2H3. The second-order valence-corrected chi connectivity index (χ2v) is 7.19. The molecule has 1 unspecified atom stereocenters. The molecule has 1 atom stereocenters. The normalized spacial score (nSPS) is 21.1. The minimum Gasteiger partial charge on any atom is -0.319 e. The first kappa shape index (κ1) is 15.4. The minimum absolute atomic E-state index is 0.176. The fourth-order valence-electron chi connectivity index (χ4n) is 2.77. The van der Waals surface area contributed by atoms with E-state index >= 15 is 0 Å². The number of nitrogens with one attached hydrogen (secondary N) is 1. The van der Waals surface area contributed by atoms with Gasteiger partial charge in [-0.3, -0.25) is 0 Å². The van der Waals surface area contributed by atoms with Gasteiger partial charge in [-0.1, -0.05) is 12.1 Å². The highest BCUT2D eigenvalue weighted by atomic mass is 32.2. The number of halogens is 1. The van der Waals surface area contributed by atoms with Gasteiger partial charge in [-0.15, -0.1) is 0 Å². The van der Waals surface area contributed by atoms with Gasteiger partial charge in [0.2, 0.25) is 10.0 Å². The Hall–Kier alpha value is -0.980. The highest BCUT2D eigenvalue weighted by molar-refractivity contribution is 7.89. The fraction of sp³-hybridized carbons (Fsp3) is 0.571. The second-order valence-electron chi connectivity index (χ2n) is 5.31. The van der Waals surface area contributed by atoms with Gasteiger partial charge in [0.1, 0.15) is 10.7 Å². The summed E-state index contributed by atoms with van der Waals surface area (Å²) < 4.78 is 40.6. The average Bonchev–Trinajstić information content (AvgIpc) is 2.39. The number of nitrogens with zero attached hydrogens (tertiary/aromatic N) is 1. The van der Waals surface area contributed by atoms with E-state index in [-0.39, 0.29) is 10.8 Å². The van der Waals surface area contributed by atoms with Crippen molar-refractivity contribution in [3.05, 3.63) is 29.6 Å². The highest BCUT2D eigenvalue weighted by Crippen LogP contribution is 2.27. The molecule has 0 radical (unpaired) electrons. The Kier molecular flexibility index (Phi) is 4.78. The van der Waals surface area contributed by atoms with Gasteiger partial charge >= 0.3 is 0 Å². The van der Waals surface area contributed by atoms with Crippen molar-refractivity contribution in [3.8, 4) is 0 Å². The zero-order valence-corrected chi connectivity index (χ0v) is 12.7. The summed E-state index contributed by atoms with van der Waals surface area (Å²) in [6, 6.07) is 4.36. The Labute approximate surface area is 120 Å². The average molecular weight is 300 g/mol. The van der Waals surface area contributed by atoms with Crippen LogP contribution in [0.2, 0.25) is 0 Å². The molecule has 1 aliphatic rings. The third-order valence-corrected chi connectivity index (χ3v) is 5.78. The maximum absolute atomic E-state index is 13.9. The molecule has 1 aliphatic heterocycles. The van der Waals surface area contributed by atoms with E-state index < -0.39 is 15.8 Å². The number of benzene rings is 1. The lowest BCUT2D eigenvalue weighted by Crippen LogP contribution is -2.42. The van der Waals surface area contributed by atoms with Crippen molar-refractivity contribution in [2.24, 2.45) is 5.92 Å². The molecule has 1 aromatic carbocycles. The molecule has 1 aromatic rings. The van der Waals surface area contributed by atoms with Gasteiger partial charge in [0.25, 0.3) is 0 Å². The van der Waals surface area contributed by atoms with Crippen LogP contribution in [0.1, 0.15) is 18.4 Å². The van der Waals surface area contributed by atoms with E-state index in [1.165, 1.54) is 16.4 Å². The molecule has 20 heavy (non-hydrogen) atoms.